The number of nitrogens with one attached hydrogen (secondary N) is 2. The number of rotatable bonds is 4. The summed E-state index contributed by atoms with van der Waals surface area (Å²) < 4.78 is 4.99. The molecular formula is C16H15N3O6. The molecule has 2 rings (SSSR count). The number of nitro benzene ring substituents is 1. The van der Waals surface area contributed by atoms with Gasteiger partial charge >= 0.3 is 11.8 Å². The van der Waals surface area contributed by atoms with Crippen LogP contribution < -0.4 is 15.4 Å². The highest BCUT2D eigenvalue weighted by Gasteiger charge is 2.18. The lowest BCUT2D eigenvalue weighted by Crippen LogP contribution is -2.29. The monoisotopic (exact) mass is 345 g/mol. The fourth-order valence-electron chi connectivity index (χ4n) is 2.04. The van der Waals surface area contributed by atoms with E-state index >= 15 is 0 Å². The molecule has 0 aliphatic heterocycles. The number of carbonyl (C=O) groups excluding carboxylic acids is 2. The van der Waals surface area contributed by atoms with E-state index in [-0.39, 0.29) is 22.9 Å². The lowest BCUT2D eigenvalue weighted by Gasteiger charge is -2.11. The van der Waals surface area contributed by atoms with Crippen LogP contribution in [0.25, 0.3) is 0 Å². The van der Waals surface area contributed by atoms with Gasteiger partial charge in [0.2, 0.25) is 0 Å². The minimum atomic E-state index is -0.973. The summed E-state index contributed by atoms with van der Waals surface area (Å²) in [7, 11) is 1.29. The van der Waals surface area contributed by atoms with Crippen LogP contribution in [-0.2, 0) is 9.59 Å². The van der Waals surface area contributed by atoms with E-state index in [4.69, 9.17) is 4.74 Å². The second-order valence-electron chi connectivity index (χ2n) is 5.05. The quantitative estimate of drug-likeness (QED) is 0.337. The molecule has 0 unspecified atom stereocenters. The lowest BCUT2D eigenvalue weighted by atomic mass is 10.2. The van der Waals surface area contributed by atoms with Gasteiger partial charge in [-0.2, -0.15) is 0 Å². The van der Waals surface area contributed by atoms with Gasteiger partial charge in [0.15, 0.2) is 0 Å². The van der Waals surface area contributed by atoms with E-state index in [9.17, 15) is 24.8 Å². The van der Waals surface area contributed by atoms with Crippen molar-refractivity contribution in [2.24, 2.45) is 0 Å². The predicted molar refractivity (Wildman–Crippen MR) is 89.8 cm³/mol. The van der Waals surface area contributed by atoms with Crippen molar-refractivity contribution in [2.75, 3.05) is 17.7 Å². The van der Waals surface area contributed by atoms with Crippen LogP contribution in [0, 0.1) is 17.0 Å². The molecule has 0 aliphatic carbocycles. The number of aromatic hydroxyl groups is 1. The molecule has 3 N–H and O–H groups in total. The van der Waals surface area contributed by atoms with Crippen LogP contribution in [0.2, 0.25) is 0 Å². The van der Waals surface area contributed by atoms with Crippen LogP contribution in [0.15, 0.2) is 36.4 Å². The van der Waals surface area contributed by atoms with Crippen LogP contribution in [0.1, 0.15) is 5.56 Å². The van der Waals surface area contributed by atoms with Gasteiger partial charge in [-0.3, -0.25) is 19.7 Å². The minimum Gasteiger partial charge on any atom is -0.508 e. The first-order valence-corrected chi connectivity index (χ1v) is 7.06. The highest BCUT2D eigenvalue weighted by Crippen LogP contribution is 2.29. The van der Waals surface area contributed by atoms with E-state index in [1.54, 1.807) is 6.92 Å². The molecule has 0 saturated carbocycles. The Labute approximate surface area is 142 Å². The number of non-ortho nitro benzene ring substituents is 1. The Morgan fingerprint density at radius 2 is 1.68 bits per heavy atom. The van der Waals surface area contributed by atoms with Crippen molar-refractivity contribution in [3.63, 3.8) is 0 Å². The minimum absolute atomic E-state index is 0.0376. The molecular weight excluding hydrogens is 330 g/mol. The van der Waals surface area contributed by atoms with E-state index in [0.29, 0.717) is 11.3 Å². The van der Waals surface area contributed by atoms with E-state index < -0.39 is 16.7 Å². The second kappa shape index (κ2) is 7.30. The Bertz CT molecular complexity index is 850. The van der Waals surface area contributed by atoms with Gasteiger partial charge in [0, 0.05) is 11.8 Å². The first-order chi connectivity index (χ1) is 11.8. The Balaban J connectivity index is 2.13. The van der Waals surface area contributed by atoms with Crippen LogP contribution in [0.5, 0.6) is 11.5 Å². The molecule has 0 saturated heterocycles. The Morgan fingerprint density at radius 3 is 2.24 bits per heavy atom. The second-order valence-corrected chi connectivity index (χ2v) is 5.05. The smallest absolute Gasteiger partial charge is 0.314 e. The average Bonchev–Trinajstić information content (AvgIpc) is 2.57. The van der Waals surface area contributed by atoms with Gasteiger partial charge in [-0.15, -0.1) is 0 Å². The number of amides is 2. The number of hydrogen-bond donors (Lipinski definition) is 3. The van der Waals surface area contributed by atoms with E-state index in [1.165, 1.54) is 37.4 Å². The summed E-state index contributed by atoms with van der Waals surface area (Å²) in [6.45, 7) is 1.66. The number of nitrogens with zero attached hydrogens (tertiary/aromatic N) is 1. The number of phenolic OH excluding ortho intramolecular Hbond substituents is 1. The maximum Gasteiger partial charge on any atom is 0.314 e. The molecule has 0 bridgehead atoms. The van der Waals surface area contributed by atoms with Crippen molar-refractivity contribution >= 4 is 28.9 Å². The van der Waals surface area contributed by atoms with Crippen molar-refractivity contribution in [1.82, 2.24) is 0 Å². The number of nitro groups is 1. The van der Waals surface area contributed by atoms with Gasteiger partial charge in [0.05, 0.1) is 23.8 Å². The number of ether oxygens (including phenoxy) is 1. The van der Waals surface area contributed by atoms with E-state index in [2.05, 4.69) is 10.6 Å². The SMILES string of the molecule is COc1cc([N+](=O)[O-])ccc1NC(=O)C(=O)Nc1ccc(O)cc1C. The third-order valence-electron chi connectivity index (χ3n) is 3.31. The zero-order chi connectivity index (χ0) is 18.6. The molecule has 0 aliphatic rings. The number of phenols is 1. The fourth-order valence-corrected chi connectivity index (χ4v) is 2.04. The summed E-state index contributed by atoms with van der Waals surface area (Å²) in [6.07, 6.45) is 0. The fraction of sp³-hybridized carbons (Fsp3) is 0.125. The molecule has 2 aromatic carbocycles. The van der Waals surface area contributed by atoms with Crippen molar-refractivity contribution in [2.45, 2.75) is 6.92 Å². The summed E-state index contributed by atoms with van der Waals surface area (Å²) in [5.41, 5.74) is 0.859. The van der Waals surface area contributed by atoms with Gasteiger partial charge in [-0.05, 0) is 36.8 Å². The van der Waals surface area contributed by atoms with Crippen LogP contribution in [-0.4, -0.2) is 29.0 Å². The van der Waals surface area contributed by atoms with Crippen LogP contribution >= 0.6 is 0 Å². The van der Waals surface area contributed by atoms with Gasteiger partial charge < -0.3 is 20.5 Å². The summed E-state index contributed by atoms with van der Waals surface area (Å²) in [4.78, 5) is 34.2. The molecule has 0 heterocycles. The van der Waals surface area contributed by atoms with Gasteiger partial charge in [-0.1, -0.05) is 0 Å². The van der Waals surface area contributed by atoms with Crippen molar-refractivity contribution < 1.29 is 24.4 Å². The molecule has 130 valence electrons. The maximum atomic E-state index is 12.0. The van der Waals surface area contributed by atoms with Gasteiger partial charge in [-0.25, -0.2) is 0 Å². The Hall–Kier alpha value is -3.62. The first-order valence-electron chi connectivity index (χ1n) is 7.06. The normalized spacial score (nSPS) is 10.0. The van der Waals surface area contributed by atoms with Crippen LogP contribution in [0.3, 0.4) is 0 Å². The number of hydrogen-bond acceptors (Lipinski definition) is 6. The van der Waals surface area contributed by atoms with E-state index in [1.807, 2.05) is 0 Å². The van der Waals surface area contributed by atoms with E-state index in [0.717, 1.165) is 6.07 Å². The number of anilines is 2. The molecule has 0 fully saturated rings. The van der Waals surface area contributed by atoms with Crippen molar-refractivity contribution in [3.8, 4) is 11.5 Å². The third kappa shape index (κ3) is 4.22. The number of carbonyl (C=O) groups is 2. The number of benzene rings is 2. The molecule has 2 aromatic rings. The maximum absolute atomic E-state index is 12.0. The summed E-state index contributed by atoms with van der Waals surface area (Å²) >= 11 is 0. The highest BCUT2D eigenvalue weighted by atomic mass is 16.6. The van der Waals surface area contributed by atoms with Gasteiger partial charge in [0.25, 0.3) is 5.69 Å². The zero-order valence-electron chi connectivity index (χ0n) is 13.4. The largest absolute Gasteiger partial charge is 0.508 e. The number of aryl methyl sites for hydroxylation is 1. The first kappa shape index (κ1) is 17.7. The summed E-state index contributed by atoms with van der Waals surface area (Å²) in [6, 6.07) is 7.86. The predicted octanol–water partition coefficient (Wildman–Crippen LogP) is 2.19. The molecule has 9 heteroatoms. The van der Waals surface area contributed by atoms with Crippen molar-refractivity contribution in [1.29, 1.82) is 0 Å². The molecule has 0 atom stereocenters. The standard InChI is InChI=1S/C16H15N3O6/c1-9-7-11(20)4-6-12(9)17-15(21)16(22)18-13-5-3-10(19(23)24)8-14(13)25-2/h3-8,20H,1-2H3,(H,17,21)(H,18,22). The Morgan fingerprint density at radius 1 is 1.08 bits per heavy atom. The number of methoxy groups -OCH3 is 1. The molecule has 0 radical (unpaired) electrons. The molecule has 0 spiro atoms. The average molecular weight is 345 g/mol. The topological polar surface area (TPSA) is 131 Å². The molecule has 2 amide bonds. The zero-order valence-corrected chi connectivity index (χ0v) is 13.4. The third-order valence-corrected chi connectivity index (χ3v) is 3.31. The lowest BCUT2D eigenvalue weighted by molar-refractivity contribution is -0.384. The Kier molecular flexibility index (Phi) is 5.18. The highest BCUT2D eigenvalue weighted by molar-refractivity contribution is 6.43. The molecule has 9 nitrogen and oxygen atoms in total. The summed E-state index contributed by atoms with van der Waals surface area (Å²) in [5, 5.41) is 24.8. The summed E-state index contributed by atoms with van der Waals surface area (Å²) in [5.74, 6) is -1.82. The molecule has 0 aromatic heterocycles. The van der Waals surface area contributed by atoms with Crippen LogP contribution in [0.4, 0.5) is 17.1 Å². The van der Waals surface area contributed by atoms with Crippen molar-refractivity contribution in [3.05, 3.63) is 52.1 Å². The molecule has 25 heavy (non-hydrogen) atoms. The van der Waals surface area contributed by atoms with Gasteiger partial charge in [0.1, 0.15) is 11.5 Å².